The molecule has 0 saturated carbocycles. The second kappa shape index (κ2) is 6.56. The molecule has 6 heteroatoms. The zero-order chi connectivity index (χ0) is 13.5. The number of anilines is 1. The molecule has 0 saturated heterocycles. The number of allylic oxidation sites excluding steroid dienone is 1. The average Bonchev–Trinajstić information content (AvgIpc) is 2.38. The van der Waals surface area contributed by atoms with Crippen LogP contribution in [0, 0.1) is 5.41 Å². The van der Waals surface area contributed by atoms with Gasteiger partial charge in [0.05, 0.1) is 17.6 Å². The first-order valence-corrected chi connectivity index (χ1v) is 5.45. The molecule has 1 heterocycles. The van der Waals surface area contributed by atoms with Crippen LogP contribution in [0.5, 0.6) is 0 Å². The minimum Gasteiger partial charge on any atom is -0.358 e. The Bertz CT molecular complexity index is 484. The molecule has 1 aromatic heterocycles. The molecule has 0 aliphatic carbocycles. The molecule has 0 aliphatic rings. The van der Waals surface area contributed by atoms with E-state index in [0.29, 0.717) is 0 Å². The van der Waals surface area contributed by atoms with Crippen LogP contribution in [0.3, 0.4) is 0 Å². The summed E-state index contributed by atoms with van der Waals surface area (Å²) in [4.78, 5) is 16.6. The van der Waals surface area contributed by atoms with Gasteiger partial charge in [-0.15, -0.1) is 0 Å². The predicted octanol–water partition coefficient (Wildman–Crippen LogP) is 2.20. The number of aromatic nitrogens is 1. The van der Waals surface area contributed by atoms with Crippen LogP contribution in [0.15, 0.2) is 49.1 Å². The number of likely N-dealkylation sites (N-methyl/N-ethyl adjacent to an activating group) is 1. The third-order valence-electron chi connectivity index (χ3n) is 2.13. The Labute approximate surface area is 110 Å². The van der Waals surface area contributed by atoms with Crippen LogP contribution in [0.25, 0.3) is 0 Å². The molecule has 0 unspecified atom stereocenters. The van der Waals surface area contributed by atoms with E-state index in [1.54, 1.807) is 24.5 Å². The van der Waals surface area contributed by atoms with Crippen molar-refractivity contribution in [2.45, 2.75) is 0 Å². The van der Waals surface area contributed by atoms with Gasteiger partial charge < -0.3 is 10.2 Å². The lowest BCUT2D eigenvalue weighted by atomic mass is 10.4. The van der Waals surface area contributed by atoms with E-state index in [2.05, 4.69) is 16.9 Å². The number of halogens is 1. The first-order chi connectivity index (χ1) is 8.56. The summed E-state index contributed by atoms with van der Waals surface area (Å²) in [6, 6.07) is 3.56. The number of carbonyl (C=O) groups is 1. The molecule has 0 spiro atoms. The van der Waals surface area contributed by atoms with Gasteiger partial charge >= 0.3 is 0 Å². The molecule has 94 valence electrons. The van der Waals surface area contributed by atoms with Crippen LogP contribution in [-0.2, 0) is 4.79 Å². The van der Waals surface area contributed by atoms with E-state index in [0.717, 1.165) is 11.8 Å². The summed E-state index contributed by atoms with van der Waals surface area (Å²) in [5, 5.41) is 10.1. The Morgan fingerprint density at radius 3 is 2.89 bits per heavy atom. The number of amides is 1. The summed E-state index contributed by atoms with van der Waals surface area (Å²) >= 11 is 5.64. The van der Waals surface area contributed by atoms with Gasteiger partial charge in [-0.3, -0.25) is 15.2 Å². The van der Waals surface area contributed by atoms with Gasteiger partial charge in [0.25, 0.3) is 0 Å². The standard InChI is InChI=1S/C12H13ClN4O/c1-3-11(18)17(2)10(12(13)14)8-16-9-5-4-6-15-7-9/h3-8,14,16H,1H2,2H3/b10-8+,14-12?. The largest absolute Gasteiger partial charge is 0.358 e. The lowest BCUT2D eigenvalue weighted by Gasteiger charge is -2.17. The monoisotopic (exact) mass is 264 g/mol. The fourth-order valence-electron chi connectivity index (χ4n) is 1.16. The summed E-state index contributed by atoms with van der Waals surface area (Å²) in [6.45, 7) is 3.38. The molecule has 0 fully saturated rings. The van der Waals surface area contributed by atoms with Gasteiger partial charge in [0.2, 0.25) is 5.91 Å². The minimum absolute atomic E-state index is 0.241. The highest BCUT2D eigenvalue weighted by molar-refractivity contribution is 6.68. The van der Waals surface area contributed by atoms with Gasteiger partial charge in [0.15, 0.2) is 0 Å². The molecule has 1 aromatic rings. The first-order valence-electron chi connectivity index (χ1n) is 5.07. The van der Waals surface area contributed by atoms with Gasteiger partial charge in [-0.25, -0.2) is 0 Å². The molecule has 0 radical (unpaired) electrons. The number of hydrogen-bond acceptors (Lipinski definition) is 4. The Kier molecular flexibility index (Phi) is 5.07. The van der Waals surface area contributed by atoms with Crippen LogP contribution in [-0.4, -0.2) is 28.0 Å². The average molecular weight is 265 g/mol. The van der Waals surface area contributed by atoms with Crippen molar-refractivity contribution in [2.75, 3.05) is 12.4 Å². The third-order valence-corrected chi connectivity index (χ3v) is 2.32. The molecule has 1 amide bonds. The van der Waals surface area contributed by atoms with E-state index in [1.165, 1.54) is 18.1 Å². The molecule has 0 aromatic carbocycles. The number of nitrogens with one attached hydrogen (secondary N) is 2. The van der Waals surface area contributed by atoms with E-state index >= 15 is 0 Å². The van der Waals surface area contributed by atoms with Crippen molar-refractivity contribution in [3.8, 4) is 0 Å². The zero-order valence-electron chi connectivity index (χ0n) is 9.85. The van der Waals surface area contributed by atoms with Crippen molar-refractivity contribution in [1.82, 2.24) is 9.88 Å². The van der Waals surface area contributed by atoms with Crippen molar-refractivity contribution in [3.05, 3.63) is 49.1 Å². The number of rotatable bonds is 5. The van der Waals surface area contributed by atoms with Gasteiger partial charge in [0, 0.05) is 19.4 Å². The van der Waals surface area contributed by atoms with Gasteiger partial charge in [0.1, 0.15) is 5.17 Å². The second-order valence-corrected chi connectivity index (χ2v) is 3.71. The highest BCUT2D eigenvalue weighted by atomic mass is 35.5. The van der Waals surface area contributed by atoms with E-state index in [-0.39, 0.29) is 16.8 Å². The number of pyridine rings is 1. The van der Waals surface area contributed by atoms with Crippen LogP contribution in [0.2, 0.25) is 0 Å². The smallest absolute Gasteiger partial charge is 0.250 e. The minimum atomic E-state index is -0.348. The van der Waals surface area contributed by atoms with Crippen molar-refractivity contribution >= 4 is 28.4 Å². The van der Waals surface area contributed by atoms with Crippen molar-refractivity contribution < 1.29 is 4.79 Å². The maximum absolute atomic E-state index is 11.4. The molecule has 5 nitrogen and oxygen atoms in total. The fourth-order valence-corrected chi connectivity index (χ4v) is 1.34. The fraction of sp³-hybridized carbons (Fsp3) is 0.0833. The number of hydrogen-bond donors (Lipinski definition) is 2. The predicted molar refractivity (Wildman–Crippen MR) is 72.5 cm³/mol. The number of carbonyl (C=O) groups excluding carboxylic acids is 1. The third kappa shape index (κ3) is 3.71. The number of nitrogens with zero attached hydrogens (tertiary/aromatic N) is 2. The molecule has 18 heavy (non-hydrogen) atoms. The molecule has 0 bridgehead atoms. The normalized spacial score (nSPS) is 10.7. The zero-order valence-corrected chi connectivity index (χ0v) is 10.6. The van der Waals surface area contributed by atoms with E-state index in [1.807, 2.05) is 0 Å². The SMILES string of the molecule is C=CC(=O)N(C)/C(=C/Nc1cccnc1)C(=N)Cl. The highest BCUT2D eigenvalue weighted by Gasteiger charge is 2.13. The molecule has 0 aliphatic heterocycles. The van der Waals surface area contributed by atoms with Crippen molar-refractivity contribution in [2.24, 2.45) is 0 Å². The van der Waals surface area contributed by atoms with Crippen LogP contribution >= 0.6 is 11.6 Å². The van der Waals surface area contributed by atoms with Crippen LogP contribution in [0.1, 0.15) is 0 Å². The van der Waals surface area contributed by atoms with E-state index in [9.17, 15) is 4.79 Å². The lowest BCUT2D eigenvalue weighted by Crippen LogP contribution is -2.27. The molecular formula is C12H13ClN4O. The van der Waals surface area contributed by atoms with Gasteiger partial charge in [-0.1, -0.05) is 18.2 Å². The maximum Gasteiger partial charge on any atom is 0.250 e. The van der Waals surface area contributed by atoms with Gasteiger partial charge in [-0.05, 0) is 18.2 Å². The van der Waals surface area contributed by atoms with Gasteiger partial charge in [-0.2, -0.15) is 0 Å². The Hall–Kier alpha value is -2.14. The van der Waals surface area contributed by atoms with E-state index < -0.39 is 0 Å². The molecule has 0 atom stereocenters. The Balaban J connectivity index is 2.89. The molecule has 1 rings (SSSR count). The Morgan fingerprint density at radius 2 is 2.39 bits per heavy atom. The van der Waals surface area contributed by atoms with Crippen LogP contribution in [0.4, 0.5) is 5.69 Å². The quantitative estimate of drug-likeness (QED) is 0.633. The van der Waals surface area contributed by atoms with Crippen molar-refractivity contribution in [3.63, 3.8) is 0 Å². The summed E-state index contributed by atoms with van der Waals surface area (Å²) in [5.74, 6) is -0.348. The molecular weight excluding hydrogens is 252 g/mol. The highest BCUT2D eigenvalue weighted by Crippen LogP contribution is 2.10. The van der Waals surface area contributed by atoms with Crippen LogP contribution < -0.4 is 5.32 Å². The topological polar surface area (TPSA) is 69.1 Å². The van der Waals surface area contributed by atoms with E-state index in [4.69, 9.17) is 17.0 Å². The summed E-state index contributed by atoms with van der Waals surface area (Å²) in [6.07, 6.45) is 5.87. The summed E-state index contributed by atoms with van der Waals surface area (Å²) in [5.41, 5.74) is 0.970. The maximum atomic E-state index is 11.4. The summed E-state index contributed by atoms with van der Waals surface area (Å²) in [7, 11) is 1.51. The Morgan fingerprint density at radius 1 is 1.67 bits per heavy atom. The molecule has 2 N–H and O–H groups in total. The lowest BCUT2D eigenvalue weighted by molar-refractivity contribution is -0.122. The summed E-state index contributed by atoms with van der Waals surface area (Å²) < 4.78 is 0. The second-order valence-electron chi connectivity index (χ2n) is 3.33. The van der Waals surface area contributed by atoms with Crippen molar-refractivity contribution in [1.29, 1.82) is 5.41 Å². The first kappa shape index (κ1) is 13.9.